The molecule has 0 amide bonds. The van der Waals surface area contributed by atoms with Crippen molar-refractivity contribution in [2.45, 2.75) is 6.42 Å². The topological polar surface area (TPSA) is 57.1 Å². The summed E-state index contributed by atoms with van der Waals surface area (Å²) < 4.78 is 14.6. The van der Waals surface area contributed by atoms with E-state index in [9.17, 15) is 0 Å². The second-order valence-electron chi connectivity index (χ2n) is 3.01. The van der Waals surface area contributed by atoms with E-state index in [1.807, 2.05) is 12.1 Å². The van der Waals surface area contributed by atoms with E-state index in [0.29, 0.717) is 24.0 Å². The highest BCUT2D eigenvalue weighted by molar-refractivity contribution is 7.07. The lowest BCUT2D eigenvalue weighted by molar-refractivity contribution is 0.200. The third-order valence-corrected chi connectivity index (χ3v) is 2.45. The summed E-state index contributed by atoms with van der Waals surface area (Å²) in [6, 6.07) is 3.63. The van der Waals surface area contributed by atoms with Crippen LogP contribution in [-0.2, 0) is 11.2 Å². The van der Waals surface area contributed by atoms with Crippen LogP contribution in [0, 0.1) is 0 Å². The Morgan fingerprint density at radius 1 is 1.44 bits per heavy atom. The van der Waals surface area contributed by atoms with Gasteiger partial charge in [-0.05, 0) is 12.1 Å². The van der Waals surface area contributed by atoms with Crippen molar-refractivity contribution < 1.29 is 9.47 Å². The van der Waals surface area contributed by atoms with E-state index in [0.717, 1.165) is 5.82 Å². The van der Waals surface area contributed by atoms with Crippen LogP contribution in [0.4, 0.5) is 0 Å². The molecule has 0 N–H and O–H groups in total. The molecule has 0 atom stereocenters. The first-order valence-corrected chi connectivity index (χ1v) is 5.55. The Bertz CT molecular complexity index is 433. The van der Waals surface area contributed by atoms with Crippen LogP contribution >= 0.6 is 11.5 Å². The molecule has 0 saturated carbocycles. The zero-order valence-electron chi connectivity index (χ0n) is 8.79. The minimum Gasteiger partial charge on any atom is -0.428 e. The highest BCUT2D eigenvalue weighted by Crippen LogP contribution is 2.21. The Morgan fingerprint density at radius 3 is 3.12 bits per heavy atom. The van der Waals surface area contributed by atoms with Crippen LogP contribution < -0.4 is 4.74 Å². The highest BCUT2D eigenvalue weighted by Gasteiger charge is 2.05. The van der Waals surface area contributed by atoms with Crippen molar-refractivity contribution in [1.29, 1.82) is 0 Å². The fraction of sp³-hybridized carbons (Fsp3) is 0.300. The van der Waals surface area contributed by atoms with Crippen LogP contribution in [0.25, 0.3) is 0 Å². The molecule has 0 bridgehead atoms. The SMILES string of the molecule is COCCc1nsc(Oc2cccnc2)n1. The van der Waals surface area contributed by atoms with Crippen LogP contribution in [0.3, 0.4) is 0 Å². The van der Waals surface area contributed by atoms with Gasteiger partial charge in [-0.3, -0.25) is 4.98 Å². The minimum atomic E-state index is 0.527. The Balaban J connectivity index is 1.97. The summed E-state index contributed by atoms with van der Waals surface area (Å²) in [6.45, 7) is 0.614. The van der Waals surface area contributed by atoms with Gasteiger partial charge in [0.15, 0.2) is 0 Å². The molecule has 84 valence electrons. The van der Waals surface area contributed by atoms with Crippen LogP contribution in [0.5, 0.6) is 10.9 Å². The van der Waals surface area contributed by atoms with Gasteiger partial charge < -0.3 is 9.47 Å². The fourth-order valence-electron chi connectivity index (χ4n) is 1.08. The summed E-state index contributed by atoms with van der Waals surface area (Å²) in [5.74, 6) is 1.41. The van der Waals surface area contributed by atoms with Gasteiger partial charge in [0.1, 0.15) is 11.6 Å². The van der Waals surface area contributed by atoms with Crippen molar-refractivity contribution in [3.8, 4) is 10.9 Å². The van der Waals surface area contributed by atoms with Gasteiger partial charge >= 0.3 is 0 Å². The first-order valence-electron chi connectivity index (χ1n) is 4.78. The number of aromatic nitrogens is 3. The maximum atomic E-state index is 5.48. The molecule has 2 heterocycles. The zero-order valence-corrected chi connectivity index (χ0v) is 9.61. The third kappa shape index (κ3) is 2.98. The molecular weight excluding hydrogens is 226 g/mol. The molecule has 0 aliphatic rings. The predicted molar refractivity (Wildman–Crippen MR) is 59.8 cm³/mol. The van der Waals surface area contributed by atoms with Gasteiger partial charge in [0.2, 0.25) is 0 Å². The van der Waals surface area contributed by atoms with Gasteiger partial charge in [0.25, 0.3) is 5.19 Å². The fourth-order valence-corrected chi connectivity index (χ4v) is 1.68. The van der Waals surface area contributed by atoms with Crippen molar-refractivity contribution in [3.05, 3.63) is 30.4 Å². The van der Waals surface area contributed by atoms with Crippen molar-refractivity contribution in [1.82, 2.24) is 14.3 Å². The largest absolute Gasteiger partial charge is 0.428 e. The van der Waals surface area contributed by atoms with Gasteiger partial charge in [-0.2, -0.15) is 9.36 Å². The van der Waals surface area contributed by atoms with E-state index < -0.39 is 0 Å². The van der Waals surface area contributed by atoms with Crippen molar-refractivity contribution in [2.24, 2.45) is 0 Å². The zero-order chi connectivity index (χ0) is 11.2. The lowest BCUT2D eigenvalue weighted by atomic mass is 10.4. The molecule has 0 fully saturated rings. The van der Waals surface area contributed by atoms with E-state index in [4.69, 9.17) is 9.47 Å². The van der Waals surface area contributed by atoms with E-state index >= 15 is 0 Å². The summed E-state index contributed by atoms with van der Waals surface area (Å²) in [5, 5.41) is 0.527. The number of hydrogen-bond acceptors (Lipinski definition) is 6. The smallest absolute Gasteiger partial charge is 0.298 e. The van der Waals surface area contributed by atoms with Crippen molar-refractivity contribution >= 4 is 11.5 Å². The highest BCUT2D eigenvalue weighted by atomic mass is 32.1. The molecule has 6 heteroatoms. The first kappa shape index (κ1) is 11.0. The number of hydrogen-bond donors (Lipinski definition) is 0. The van der Waals surface area contributed by atoms with Crippen LogP contribution in [0.2, 0.25) is 0 Å². The predicted octanol–water partition coefficient (Wildman–Crippen LogP) is 1.91. The second-order valence-corrected chi connectivity index (χ2v) is 3.72. The number of ether oxygens (including phenoxy) is 2. The van der Waals surface area contributed by atoms with Crippen molar-refractivity contribution in [3.63, 3.8) is 0 Å². The average Bonchev–Trinajstić information content (AvgIpc) is 2.75. The average molecular weight is 237 g/mol. The second kappa shape index (κ2) is 5.53. The van der Waals surface area contributed by atoms with E-state index in [-0.39, 0.29) is 0 Å². The summed E-state index contributed by atoms with van der Waals surface area (Å²) >= 11 is 1.23. The maximum absolute atomic E-state index is 5.48. The summed E-state index contributed by atoms with van der Waals surface area (Å²) in [7, 11) is 1.65. The summed E-state index contributed by atoms with van der Waals surface area (Å²) in [6.07, 6.45) is 4.02. The van der Waals surface area contributed by atoms with Crippen LogP contribution in [0.1, 0.15) is 5.82 Å². The van der Waals surface area contributed by atoms with Crippen LogP contribution in [0.15, 0.2) is 24.5 Å². The van der Waals surface area contributed by atoms with E-state index in [1.165, 1.54) is 11.5 Å². The maximum Gasteiger partial charge on any atom is 0.298 e. The molecule has 5 nitrogen and oxygen atoms in total. The van der Waals surface area contributed by atoms with Gasteiger partial charge in [-0.1, -0.05) is 0 Å². The molecule has 2 rings (SSSR count). The molecule has 16 heavy (non-hydrogen) atoms. The van der Waals surface area contributed by atoms with Gasteiger partial charge in [-0.15, -0.1) is 0 Å². The Hall–Kier alpha value is -1.53. The summed E-state index contributed by atoms with van der Waals surface area (Å²) in [4.78, 5) is 8.17. The number of pyridine rings is 1. The Labute approximate surface area is 97.3 Å². The lowest BCUT2D eigenvalue weighted by Crippen LogP contribution is -1.96. The standard InChI is InChI=1S/C10H11N3O2S/c1-14-6-4-9-12-10(16-13-9)15-8-3-2-5-11-7-8/h2-3,5,7H,4,6H2,1H3. The van der Waals surface area contributed by atoms with Gasteiger partial charge in [0.05, 0.1) is 12.8 Å². The third-order valence-electron chi connectivity index (χ3n) is 1.82. The van der Waals surface area contributed by atoms with Crippen LogP contribution in [-0.4, -0.2) is 28.1 Å². The number of rotatable bonds is 5. The van der Waals surface area contributed by atoms with E-state index in [2.05, 4.69) is 14.3 Å². The minimum absolute atomic E-state index is 0.527. The molecule has 0 spiro atoms. The Morgan fingerprint density at radius 2 is 2.38 bits per heavy atom. The summed E-state index contributed by atoms with van der Waals surface area (Å²) in [5.41, 5.74) is 0. The lowest BCUT2D eigenvalue weighted by Gasteiger charge is -1.98. The normalized spacial score (nSPS) is 10.3. The molecule has 0 radical (unpaired) electrons. The molecular formula is C10H11N3O2S. The first-order chi connectivity index (χ1) is 7.88. The molecule has 0 aliphatic heterocycles. The Kier molecular flexibility index (Phi) is 3.79. The quantitative estimate of drug-likeness (QED) is 0.795. The molecule has 0 aromatic carbocycles. The monoisotopic (exact) mass is 237 g/mol. The van der Waals surface area contributed by atoms with Gasteiger partial charge in [-0.25, -0.2) is 0 Å². The molecule has 2 aromatic rings. The van der Waals surface area contributed by atoms with Crippen molar-refractivity contribution in [2.75, 3.05) is 13.7 Å². The molecule has 0 unspecified atom stereocenters. The van der Waals surface area contributed by atoms with E-state index in [1.54, 1.807) is 19.5 Å². The molecule has 0 aliphatic carbocycles. The molecule has 0 saturated heterocycles. The molecule has 2 aromatic heterocycles. The van der Waals surface area contributed by atoms with Gasteiger partial charge in [0, 0.05) is 31.3 Å². The number of nitrogens with zero attached hydrogens (tertiary/aromatic N) is 3. The number of methoxy groups -OCH3 is 1.